The Morgan fingerprint density at radius 3 is 2.27 bits per heavy atom. The lowest BCUT2D eigenvalue weighted by Gasteiger charge is -2.03. The Balaban J connectivity index is 0.00000196. The van der Waals surface area contributed by atoms with Gasteiger partial charge >= 0.3 is 0 Å². The van der Waals surface area contributed by atoms with E-state index in [1.54, 1.807) is 12.1 Å². The molecule has 0 spiro atoms. The standard InChI is InChI=1S/C10H12N2OS.HI/c1-7(13)12-9-5-3-8(4-6-9)10(11)14-2;/h3-6,11H,1-2H3,(H,12,13);1H. The van der Waals surface area contributed by atoms with E-state index in [9.17, 15) is 4.79 Å². The average molecular weight is 336 g/mol. The van der Waals surface area contributed by atoms with E-state index in [-0.39, 0.29) is 29.9 Å². The number of halogens is 1. The van der Waals surface area contributed by atoms with E-state index in [0.29, 0.717) is 5.04 Å². The second-order valence-corrected chi connectivity index (χ2v) is 3.61. The first-order valence-corrected chi connectivity index (χ1v) is 5.36. The molecule has 1 aromatic rings. The van der Waals surface area contributed by atoms with Crippen LogP contribution in [-0.2, 0) is 4.79 Å². The second-order valence-electron chi connectivity index (χ2n) is 2.79. The van der Waals surface area contributed by atoms with Crippen molar-refractivity contribution < 1.29 is 4.79 Å². The first kappa shape index (κ1) is 14.4. The quantitative estimate of drug-likeness (QED) is 0.496. The molecule has 0 bridgehead atoms. The minimum atomic E-state index is -0.0855. The molecule has 0 atom stereocenters. The largest absolute Gasteiger partial charge is 0.326 e. The predicted molar refractivity (Wildman–Crippen MR) is 76.5 cm³/mol. The van der Waals surface area contributed by atoms with Gasteiger partial charge in [0.2, 0.25) is 5.91 Å². The molecule has 0 unspecified atom stereocenters. The molecule has 0 fully saturated rings. The first-order chi connectivity index (χ1) is 6.63. The zero-order valence-corrected chi connectivity index (χ0v) is 11.7. The predicted octanol–water partition coefficient (Wildman–Crippen LogP) is 2.95. The Morgan fingerprint density at radius 1 is 1.33 bits per heavy atom. The van der Waals surface area contributed by atoms with E-state index >= 15 is 0 Å². The van der Waals surface area contributed by atoms with E-state index < -0.39 is 0 Å². The summed E-state index contributed by atoms with van der Waals surface area (Å²) in [5.41, 5.74) is 1.63. The van der Waals surface area contributed by atoms with Gasteiger partial charge < -0.3 is 5.32 Å². The van der Waals surface area contributed by atoms with Crippen LogP contribution in [0.15, 0.2) is 24.3 Å². The molecule has 0 radical (unpaired) electrons. The molecular formula is C10H13IN2OS. The Hall–Kier alpha value is -0.560. The number of nitrogens with one attached hydrogen (secondary N) is 2. The van der Waals surface area contributed by atoms with Gasteiger partial charge in [0.25, 0.3) is 0 Å². The van der Waals surface area contributed by atoms with Crippen LogP contribution in [0.2, 0.25) is 0 Å². The van der Waals surface area contributed by atoms with Crippen LogP contribution >= 0.6 is 35.7 Å². The minimum absolute atomic E-state index is 0. The highest BCUT2D eigenvalue weighted by atomic mass is 127. The number of rotatable bonds is 2. The molecule has 0 aromatic heterocycles. The SMILES string of the molecule is CSC(=N)c1ccc(NC(C)=O)cc1.I. The van der Waals surface area contributed by atoms with E-state index in [1.807, 2.05) is 18.4 Å². The topological polar surface area (TPSA) is 53.0 Å². The maximum atomic E-state index is 10.7. The molecule has 0 aliphatic carbocycles. The average Bonchev–Trinajstić information content (AvgIpc) is 2.17. The van der Waals surface area contributed by atoms with Crippen LogP contribution in [0.1, 0.15) is 12.5 Å². The number of hydrogen-bond donors (Lipinski definition) is 2. The Bertz CT molecular complexity index is 351. The Kier molecular flexibility index (Phi) is 6.58. The van der Waals surface area contributed by atoms with Crippen molar-refractivity contribution in [3.63, 3.8) is 0 Å². The third kappa shape index (κ3) is 4.65. The van der Waals surface area contributed by atoms with Crippen LogP contribution in [0, 0.1) is 5.41 Å². The van der Waals surface area contributed by atoms with Crippen molar-refractivity contribution in [2.75, 3.05) is 11.6 Å². The highest BCUT2D eigenvalue weighted by molar-refractivity contribution is 14.0. The summed E-state index contributed by atoms with van der Waals surface area (Å²) in [5.74, 6) is -0.0855. The molecule has 1 rings (SSSR count). The summed E-state index contributed by atoms with van der Waals surface area (Å²) in [5, 5.41) is 10.8. The first-order valence-electron chi connectivity index (χ1n) is 4.14. The van der Waals surface area contributed by atoms with Crippen molar-refractivity contribution in [1.29, 1.82) is 5.41 Å². The number of amides is 1. The highest BCUT2D eigenvalue weighted by Gasteiger charge is 1.99. The lowest BCUT2D eigenvalue weighted by atomic mass is 10.2. The summed E-state index contributed by atoms with van der Waals surface area (Å²) in [6.45, 7) is 1.47. The number of anilines is 1. The summed E-state index contributed by atoms with van der Waals surface area (Å²) in [6, 6.07) is 7.23. The van der Waals surface area contributed by atoms with Crippen LogP contribution < -0.4 is 5.32 Å². The monoisotopic (exact) mass is 336 g/mol. The lowest BCUT2D eigenvalue weighted by molar-refractivity contribution is -0.114. The van der Waals surface area contributed by atoms with Crippen molar-refractivity contribution >= 4 is 52.4 Å². The molecule has 2 N–H and O–H groups in total. The lowest BCUT2D eigenvalue weighted by Crippen LogP contribution is -2.05. The number of hydrogen-bond acceptors (Lipinski definition) is 3. The maximum absolute atomic E-state index is 10.7. The van der Waals surface area contributed by atoms with Gasteiger partial charge in [-0.25, -0.2) is 0 Å². The second kappa shape index (κ2) is 6.84. The smallest absolute Gasteiger partial charge is 0.221 e. The van der Waals surface area contributed by atoms with Crippen LogP contribution in [0.25, 0.3) is 0 Å². The van der Waals surface area contributed by atoms with Gasteiger partial charge in [-0.2, -0.15) is 0 Å². The summed E-state index contributed by atoms with van der Waals surface area (Å²) in [6.07, 6.45) is 1.87. The Morgan fingerprint density at radius 2 is 1.87 bits per heavy atom. The highest BCUT2D eigenvalue weighted by Crippen LogP contribution is 2.13. The van der Waals surface area contributed by atoms with E-state index in [2.05, 4.69) is 5.32 Å². The molecule has 0 aliphatic rings. The van der Waals surface area contributed by atoms with E-state index in [1.165, 1.54) is 18.7 Å². The van der Waals surface area contributed by atoms with Crippen molar-refractivity contribution in [1.82, 2.24) is 0 Å². The molecule has 15 heavy (non-hydrogen) atoms. The van der Waals surface area contributed by atoms with Gasteiger partial charge in [0.05, 0.1) is 5.04 Å². The van der Waals surface area contributed by atoms with Crippen LogP contribution in [0.4, 0.5) is 5.69 Å². The van der Waals surface area contributed by atoms with Gasteiger partial charge in [-0.05, 0) is 18.4 Å². The molecule has 0 saturated heterocycles. The van der Waals surface area contributed by atoms with Crippen molar-refractivity contribution in [2.45, 2.75) is 6.92 Å². The van der Waals surface area contributed by atoms with Gasteiger partial charge in [0, 0.05) is 18.2 Å². The number of thioether (sulfide) groups is 1. The van der Waals surface area contributed by atoms with Gasteiger partial charge in [-0.3, -0.25) is 10.2 Å². The van der Waals surface area contributed by atoms with Crippen LogP contribution in [0.5, 0.6) is 0 Å². The molecular weight excluding hydrogens is 323 g/mol. The summed E-state index contributed by atoms with van der Waals surface area (Å²) in [4.78, 5) is 10.7. The summed E-state index contributed by atoms with van der Waals surface area (Å²) in [7, 11) is 0. The number of carbonyl (C=O) groups excluding carboxylic acids is 1. The molecule has 82 valence electrons. The third-order valence-corrected chi connectivity index (χ3v) is 2.32. The zero-order valence-electron chi connectivity index (χ0n) is 8.53. The summed E-state index contributed by atoms with van der Waals surface area (Å²) < 4.78 is 0. The molecule has 5 heteroatoms. The molecule has 1 amide bonds. The van der Waals surface area contributed by atoms with Gasteiger partial charge in [-0.15, -0.1) is 35.7 Å². The molecule has 0 heterocycles. The van der Waals surface area contributed by atoms with Gasteiger partial charge in [-0.1, -0.05) is 12.1 Å². The fourth-order valence-corrected chi connectivity index (χ4v) is 1.40. The van der Waals surface area contributed by atoms with E-state index in [4.69, 9.17) is 5.41 Å². The van der Waals surface area contributed by atoms with Crippen molar-refractivity contribution in [3.8, 4) is 0 Å². The molecule has 0 saturated carbocycles. The maximum Gasteiger partial charge on any atom is 0.221 e. The molecule has 3 nitrogen and oxygen atoms in total. The normalized spacial score (nSPS) is 8.93. The third-order valence-electron chi connectivity index (χ3n) is 1.67. The van der Waals surface area contributed by atoms with Gasteiger partial charge in [0.15, 0.2) is 0 Å². The fraction of sp³-hybridized carbons (Fsp3) is 0.200. The van der Waals surface area contributed by atoms with Crippen molar-refractivity contribution in [3.05, 3.63) is 29.8 Å². The number of benzene rings is 1. The van der Waals surface area contributed by atoms with Crippen LogP contribution in [0.3, 0.4) is 0 Å². The molecule has 0 aliphatic heterocycles. The van der Waals surface area contributed by atoms with Crippen LogP contribution in [-0.4, -0.2) is 17.2 Å². The molecule has 1 aromatic carbocycles. The number of carbonyl (C=O) groups is 1. The van der Waals surface area contributed by atoms with Crippen molar-refractivity contribution in [2.24, 2.45) is 0 Å². The minimum Gasteiger partial charge on any atom is -0.326 e. The Labute approximate surface area is 111 Å². The van der Waals surface area contributed by atoms with E-state index in [0.717, 1.165) is 11.3 Å². The zero-order chi connectivity index (χ0) is 10.6. The fourth-order valence-electron chi connectivity index (χ4n) is 1.03. The van der Waals surface area contributed by atoms with Gasteiger partial charge in [0.1, 0.15) is 0 Å². The summed E-state index contributed by atoms with van der Waals surface area (Å²) >= 11 is 1.39.